The highest BCUT2D eigenvalue weighted by Crippen LogP contribution is 2.27. The van der Waals surface area contributed by atoms with Crippen LogP contribution < -0.4 is 15.0 Å². The Balaban J connectivity index is 1.30. The first kappa shape index (κ1) is 21.1. The van der Waals surface area contributed by atoms with Crippen molar-refractivity contribution >= 4 is 28.2 Å². The number of anilines is 3. The molecule has 32 heavy (non-hydrogen) atoms. The van der Waals surface area contributed by atoms with Gasteiger partial charge in [0.25, 0.3) is 0 Å². The van der Waals surface area contributed by atoms with Crippen LogP contribution in [0, 0.1) is 0 Å². The quantitative estimate of drug-likeness (QED) is 0.590. The van der Waals surface area contributed by atoms with Gasteiger partial charge in [0, 0.05) is 80.7 Å². The summed E-state index contributed by atoms with van der Waals surface area (Å²) < 4.78 is 11.7. The first-order chi connectivity index (χ1) is 15.7. The molecule has 2 N–H and O–H groups in total. The predicted octanol–water partition coefficient (Wildman–Crippen LogP) is 2.77. The van der Waals surface area contributed by atoms with Crippen LogP contribution in [0.2, 0.25) is 0 Å². The van der Waals surface area contributed by atoms with E-state index in [9.17, 15) is 0 Å². The van der Waals surface area contributed by atoms with Gasteiger partial charge < -0.3 is 29.6 Å². The minimum atomic E-state index is 0.672. The van der Waals surface area contributed by atoms with Crippen molar-refractivity contribution in [3.05, 3.63) is 42.6 Å². The number of rotatable bonds is 7. The lowest BCUT2D eigenvalue weighted by Crippen LogP contribution is -2.45. The summed E-state index contributed by atoms with van der Waals surface area (Å²) in [5, 5.41) is 4.64. The number of pyridine rings is 1. The van der Waals surface area contributed by atoms with Crippen LogP contribution in [0.15, 0.2) is 42.6 Å². The standard InChI is InChI=1S/C24H32N6O2/c1-28-6-8-29(9-7-28)10-15-32-21-17-23(27-24(18-21)30-11-13-31-14-12-30)26-20-2-3-22-19(16-20)4-5-25-22/h2-5,16-18,25H,6-15H2,1H3,(H,26,27). The molecule has 0 aliphatic carbocycles. The molecule has 0 bridgehead atoms. The van der Waals surface area contributed by atoms with Crippen molar-refractivity contribution < 1.29 is 9.47 Å². The van der Waals surface area contributed by atoms with Crippen molar-refractivity contribution in [2.45, 2.75) is 0 Å². The number of piperazine rings is 1. The number of H-pyrrole nitrogens is 1. The number of aromatic amines is 1. The zero-order chi connectivity index (χ0) is 21.8. The van der Waals surface area contributed by atoms with E-state index in [1.807, 2.05) is 12.3 Å². The normalized spacial score (nSPS) is 18.2. The van der Waals surface area contributed by atoms with Gasteiger partial charge in [-0.1, -0.05) is 0 Å². The molecule has 0 spiro atoms. The molecule has 170 valence electrons. The van der Waals surface area contributed by atoms with Crippen molar-refractivity contribution in [3.63, 3.8) is 0 Å². The number of hydrogen-bond acceptors (Lipinski definition) is 7. The first-order valence-electron chi connectivity index (χ1n) is 11.5. The summed E-state index contributed by atoms with van der Waals surface area (Å²) in [6.07, 6.45) is 1.96. The molecule has 0 amide bonds. The zero-order valence-electron chi connectivity index (χ0n) is 18.7. The van der Waals surface area contributed by atoms with Gasteiger partial charge in [-0.05, 0) is 31.3 Å². The molecule has 2 aliphatic rings. The molecule has 0 atom stereocenters. The summed E-state index contributed by atoms with van der Waals surface area (Å²) in [5.41, 5.74) is 2.13. The van der Waals surface area contributed by atoms with E-state index in [1.54, 1.807) is 0 Å². The monoisotopic (exact) mass is 436 g/mol. The van der Waals surface area contributed by atoms with E-state index in [0.29, 0.717) is 6.61 Å². The molecule has 0 unspecified atom stereocenters. The second kappa shape index (κ2) is 9.77. The van der Waals surface area contributed by atoms with Crippen LogP contribution in [0.3, 0.4) is 0 Å². The Morgan fingerprint density at radius 2 is 1.88 bits per heavy atom. The van der Waals surface area contributed by atoms with Crippen molar-refractivity contribution in [1.82, 2.24) is 19.8 Å². The Kier molecular flexibility index (Phi) is 6.43. The Hall–Kier alpha value is -2.81. The molecule has 8 nitrogen and oxygen atoms in total. The summed E-state index contributed by atoms with van der Waals surface area (Å²) in [6.45, 7) is 9.19. The van der Waals surface area contributed by atoms with E-state index in [4.69, 9.17) is 14.5 Å². The van der Waals surface area contributed by atoms with Crippen LogP contribution in [-0.4, -0.2) is 92.4 Å². The third-order valence-electron chi connectivity index (χ3n) is 6.22. The average molecular weight is 437 g/mol. The number of benzene rings is 1. The Labute approximate surface area is 189 Å². The van der Waals surface area contributed by atoms with E-state index in [1.165, 1.54) is 5.39 Å². The maximum Gasteiger partial charge on any atom is 0.136 e. The molecule has 4 heterocycles. The maximum atomic E-state index is 6.21. The van der Waals surface area contributed by atoms with Gasteiger partial charge in [-0.15, -0.1) is 0 Å². The Bertz CT molecular complexity index is 1020. The van der Waals surface area contributed by atoms with Gasteiger partial charge in [0.15, 0.2) is 0 Å². The van der Waals surface area contributed by atoms with Crippen molar-refractivity contribution in [2.75, 3.05) is 82.9 Å². The number of fused-ring (bicyclic) bond motifs is 1. The second-order valence-corrected chi connectivity index (χ2v) is 8.54. The SMILES string of the molecule is CN1CCN(CCOc2cc(Nc3ccc4[nH]ccc4c3)nc(N3CCOCC3)c2)CC1. The third-order valence-corrected chi connectivity index (χ3v) is 6.22. The van der Waals surface area contributed by atoms with Gasteiger partial charge in [0.1, 0.15) is 24.0 Å². The topological polar surface area (TPSA) is 68.9 Å². The Morgan fingerprint density at radius 3 is 2.72 bits per heavy atom. The highest BCUT2D eigenvalue weighted by molar-refractivity contribution is 5.83. The largest absolute Gasteiger partial charge is 0.492 e. The fraction of sp³-hybridized carbons (Fsp3) is 0.458. The lowest BCUT2D eigenvalue weighted by molar-refractivity contribution is 0.122. The Morgan fingerprint density at radius 1 is 1.03 bits per heavy atom. The van der Waals surface area contributed by atoms with Gasteiger partial charge in [0.2, 0.25) is 0 Å². The molecule has 5 rings (SSSR count). The third kappa shape index (κ3) is 5.15. The van der Waals surface area contributed by atoms with Gasteiger partial charge >= 0.3 is 0 Å². The van der Waals surface area contributed by atoms with Gasteiger partial charge in [-0.2, -0.15) is 0 Å². The van der Waals surface area contributed by atoms with Crippen LogP contribution in [0.5, 0.6) is 5.75 Å². The summed E-state index contributed by atoms with van der Waals surface area (Å²) in [5.74, 6) is 2.56. The minimum absolute atomic E-state index is 0.672. The van der Waals surface area contributed by atoms with Gasteiger partial charge in [0.05, 0.1) is 13.2 Å². The smallest absolute Gasteiger partial charge is 0.136 e. The predicted molar refractivity (Wildman–Crippen MR) is 128 cm³/mol. The molecule has 1 aromatic carbocycles. The molecule has 2 fully saturated rings. The van der Waals surface area contributed by atoms with E-state index >= 15 is 0 Å². The maximum absolute atomic E-state index is 6.21. The number of ether oxygens (including phenoxy) is 2. The molecule has 3 aromatic rings. The van der Waals surface area contributed by atoms with Crippen molar-refractivity contribution in [2.24, 2.45) is 0 Å². The molecular weight excluding hydrogens is 404 g/mol. The van der Waals surface area contributed by atoms with Crippen LogP contribution in [0.1, 0.15) is 0 Å². The van der Waals surface area contributed by atoms with Crippen LogP contribution in [-0.2, 0) is 4.74 Å². The molecule has 2 saturated heterocycles. The van der Waals surface area contributed by atoms with Gasteiger partial charge in [-0.3, -0.25) is 4.90 Å². The summed E-state index contributed by atoms with van der Waals surface area (Å²) in [7, 11) is 2.18. The molecule has 2 aliphatic heterocycles. The highest BCUT2D eigenvalue weighted by Gasteiger charge is 2.16. The molecule has 0 saturated carbocycles. The van der Waals surface area contributed by atoms with Crippen LogP contribution in [0.25, 0.3) is 10.9 Å². The minimum Gasteiger partial charge on any atom is -0.492 e. The van der Waals surface area contributed by atoms with Crippen LogP contribution in [0.4, 0.5) is 17.3 Å². The number of nitrogens with one attached hydrogen (secondary N) is 2. The van der Waals surface area contributed by atoms with E-state index < -0.39 is 0 Å². The molecule has 0 radical (unpaired) electrons. The molecule has 2 aromatic heterocycles. The average Bonchev–Trinajstić information content (AvgIpc) is 3.29. The fourth-order valence-electron chi connectivity index (χ4n) is 4.24. The zero-order valence-corrected chi connectivity index (χ0v) is 18.7. The van der Waals surface area contributed by atoms with E-state index in [-0.39, 0.29) is 0 Å². The van der Waals surface area contributed by atoms with E-state index in [2.05, 4.69) is 62.4 Å². The number of hydrogen-bond donors (Lipinski definition) is 2. The molecular formula is C24H32N6O2. The summed E-state index contributed by atoms with van der Waals surface area (Å²) in [4.78, 5) is 15.2. The number of morpholine rings is 1. The number of aromatic nitrogens is 2. The van der Waals surface area contributed by atoms with E-state index in [0.717, 1.165) is 87.6 Å². The van der Waals surface area contributed by atoms with Crippen molar-refractivity contribution in [1.29, 1.82) is 0 Å². The summed E-state index contributed by atoms with van der Waals surface area (Å²) >= 11 is 0. The van der Waals surface area contributed by atoms with Gasteiger partial charge in [-0.25, -0.2) is 4.98 Å². The number of nitrogens with zero attached hydrogens (tertiary/aromatic N) is 4. The number of likely N-dealkylation sites (N-methyl/N-ethyl adjacent to an activating group) is 1. The second-order valence-electron chi connectivity index (χ2n) is 8.54. The first-order valence-corrected chi connectivity index (χ1v) is 11.5. The molecule has 8 heteroatoms. The van der Waals surface area contributed by atoms with Crippen molar-refractivity contribution in [3.8, 4) is 5.75 Å². The summed E-state index contributed by atoms with van der Waals surface area (Å²) in [6, 6.07) is 12.4. The lowest BCUT2D eigenvalue weighted by Gasteiger charge is -2.32. The van der Waals surface area contributed by atoms with Crippen LogP contribution >= 0.6 is 0 Å². The fourth-order valence-corrected chi connectivity index (χ4v) is 4.24. The highest BCUT2D eigenvalue weighted by atomic mass is 16.5. The lowest BCUT2D eigenvalue weighted by atomic mass is 10.2.